The Balaban J connectivity index is 1.86. The lowest BCUT2D eigenvalue weighted by Crippen LogP contribution is -2.55. The topological polar surface area (TPSA) is 115 Å². The molecular weight excluding hydrogens is 438 g/mol. The van der Waals surface area contributed by atoms with Crippen LogP contribution in [-0.4, -0.2) is 60.2 Å². The molecule has 2 aromatic carbocycles. The molecule has 1 aliphatic heterocycles. The lowest BCUT2D eigenvalue weighted by Gasteiger charge is -2.36. The van der Waals surface area contributed by atoms with Crippen molar-refractivity contribution in [2.45, 2.75) is 18.5 Å². The van der Waals surface area contributed by atoms with Gasteiger partial charge in [0.25, 0.3) is 10.2 Å². The largest absolute Gasteiger partial charge is 0.493 e. The van der Waals surface area contributed by atoms with Crippen molar-refractivity contribution in [2.24, 2.45) is 0 Å². The summed E-state index contributed by atoms with van der Waals surface area (Å²) in [6, 6.07) is 8.48. The Labute approximate surface area is 187 Å². The fourth-order valence-corrected chi connectivity index (χ4v) is 4.81. The number of benzene rings is 2. The van der Waals surface area contributed by atoms with Gasteiger partial charge in [0, 0.05) is 18.8 Å². The molecule has 32 heavy (non-hydrogen) atoms. The van der Waals surface area contributed by atoms with Crippen molar-refractivity contribution in [3.63, 3.8) is 0 Å². The molecule has 2 aromatic rings. The van der Waals surface area contributed by atoms with E-state index >= 15 is 0 Å². The number of carbonyl (C=O) groups is 1. The maximum Gasteiger partial charge on any atom is 0.280 e. The highest BCUT2D eigenvalue weighted by atomic mass is 32.2. The van der Waals surface area contributed by atoms with E-state index in [1.807, 2.05) is 0 Å². The molecular formula is C21H27N3O7S. The quantitative estimate of drug-likeness (QED) is 0.642. The molecule has 2 atom stereocenters. The third-order valence-corrected chi connectivity index (χ3v) is 6.93. The molecule has 174 valence electrons. The summed E-state index contributed by atoms with van der Waals surface area (Å²) >= 11 is 0. The van der Waals surface area contributed by atoms with Crippen molar-refractivity contribution in [2.75, 3.05) is 40.8 Å². The zero-order chi connectivity index (χ0) is 23.5. The van der Waals surface area contributed by atoms with E-state index in [4.69, 9.17) is 18.9 Å². The number of likely N-dealkylation sites (N-methyl/N-ethyl adjacent to an activating group) is 1. The molecule has 0 radical (unpaired) electrons. The van der Waals surface area contributed by atoms with Crippen molar-refractivity contribution in [1.82, 2.24) is 9.03 Å². The van der Waals surface area contributed by atoms with Crippen molar-refractivity contribution < 1.29 is 32.2 Å². The number of ether oxygens (including phenoxy) is 4. The van der Waals surface area contributed by atoms with Gasteiger partial charge in [0.15, 0.2) is 23.0 Å². The number of hydrogen-bond acceptors (Lipinski definition) is 7. The van der Waals surface area contributed by atoms with Crippen LogP contribution in [0.3, 0.4) is 0 Å². The van der Waals surface area contributed by atoms with E-state index in [1.54, 1.807) is 36.4 Å². The number of amides is 1. The van der Waals surface area contributed by atoms with Crippen molar-refractivity contribution in [3.05, 3.63) is 42.0 Å². The molecule has 0 saturated carbocycles. The fraction of sp³-hybridized carbons (Fsp3) is 0.381. The Hall–Kier alpha value is -3.02. The van der Waals surface area contributed by atoms with Crippen molar-refractivity contribution >= 4 is 21.8 Å². The van der Waals surface area contributed by atoms with E-state index in [1.165, 1.54) is 35.5 Å². The average Bonchev–Trinajstić information content (AvgIpc) is 2.79. The van der Waals surface area contributed by atoms with Gasteiger partial charge in [-0.2, -0.15) is 17.4 Å². The van der Waals surface area contributed by atoms with Gasteiger partial charge in [0.05, 0.1) is 34.5 Å². The molecule has 2 unspecified atom stereocenters. The highest BCUT2D eigenvalue weighted by molar-refractivity contribution is 7.87. The molecule has 0 bridgehead atoms. The predicted octanol–water partition coefficient (Wildman–Crippen LogP) is 1.94. The van der Waals surface area contributed by atoms with E-state index in [-0.39, 0.29) is 6.42 Å². The van der Waals surface area contributed by atoms with Gasteiger partial charge in [-0.3, -0.25) is 4.79 Å². The molecule has 0 aromatic heterocycles. The second-order valence-electron chi connectivity index (χ2n) is 7.12. The van der Waals surface area contributed by atoms with Gasteiger partial charge in [-0.1, -0.05) is 6.07 Å². The van der Waals surface area contributed by atoms with Gasteiger partial charge in [-0.05, 0) is 36.2 Å². The van der Waals surface area contributed by atoms with Gasteiger partial charge in [-0.25, -0.2) is 0 Å². The minimum Gasteiger partial charge on any atom is -0.493 e. The van der Waals surface area contributed by atoms with E-state index in [9.17, 15) is 13.2 Å². The smallest absolute Gasteiger partial charge is 0.280 e. The summed E-state index contributed by atoms with van der Waals surface area (Å²) in [6.07, 6.45) is 0.213. The second kappa shape index (κ2) is 9.63. The molecule has 11 heteroatoms. The highest BCUT2D eigenvalue weighted by Crippen LogP contribution is 2.35. The summed E-state index contributed by atoms with van der Waals surface area (Å²) in [5, 5.41) is 2.77. The van der Waals surface area contributed by atoms with Gasteiger partial charge < -0.3 is 24.3 Å². The Bertz CT molecular complexity index is 1090. The highest BCUT2D eigenvalue weighted by Gasteiger charge is 2.40. The van der Waals surface area contributed by atoms with Crippen LogP contribution in [0.15, 0.2) is 36.4 Å². The molecule has 3 rings (SSSR count). The monoisotopic (exact) mass is 465 g/mol. The maximum absolute atomic E-state index is 13.1. The molecule has 0 spiro atoms. The van der Waals surface area contributed by atoms with Crippen LogP contribution in [0.2, 0.25) is 0 Å². The normalized spacial score (nSPS) is 20.3. The molecule has 1 heterocycles. The Kier molecular flexibility index (Phi) is 7.12. The zero-order valence-corrected chi connectivity index (χ0v) is 19.4. The zero-order valence-electron chi connectivity index (χ0n) is 18.5. The van der Waals surface area contributed by atoms with Gasteiger partial charge in [-0.15, -0.1) is 0 Å². The standard InChI is InChI=1S/C21H27N3O7S/c1-24-16(21(25)22-14-7-9-18(29-3)20(11-14)31-5)12-15(23-32(24,26)27)13-6-8-17(28-2)19(10-13)30-4/h6-11,15-16,23H,12H2,1-5H3,(H,22,25). The first kappa shape index (κ1) is 23.6. The Morgan fingerprint density at radius 3 is 2.09 bits per heavy atom. The lowest BCUT2D eigenvalue weighted by atomic mass is 9.99. The van der Waals surface area contributed by atoms with Crippen LogP contribution in [0.5, 0.6) is 23.0 Å². The van der Waals surface area contributed by atoms with Crippen LogP contribution in [0, 0.1) is 0 Å². The third-order valence-electron chi connectivity index (χ3n) is 5.33. The van der Waals surface area contributed by atoms with Crippen LogP contribution < -0.4 is 29.0 Å². The summed E-state index contributed by atoms with van der Waals surface area (Å²) in [5.74, 6) is 1.49. The number of anilines is 1. The summed E-state index contributed by atoms with van der Waals surface area (Å²) < 4.78 is 50.1. The molecule has 1 fully saturated rings. The van der Waals surface area contributed by atoms with E-state index in [0.717, 1.165) is 4.31 Å². The molecule has 1 amide bonds. The van der Waals surface area contributed by atoms with Crippen LogP contribution in [0.25, 0.3) is 0 Å². The molecule has 1 saturated heterocycles. The average molecular weight is 466 g/mol. The first-order valence-corrected chi connectivity index (χ1v) is 11.2. The van der Waals surface area contributed by atoms with Gasteiger partial charge in [0.2, 0.25) is 5.91 Å². The number of methoxy groups -OCH3 is 4. The number of carbonyl (C=O) groups excluding carboxylic acids is 1. The van der Waals surface area contributed by atoms with Crippen LogP contribution in [0.1, 0.15) is 18.0 Å². The first-order valence-electron chi connectivity index (χ1n) is 9.74. The minimum absolute atomic E-state index is 0.213. The number of nitrogens with zero attached hydrogens (tertiary/aromatic N) is 1. The molecule has 0 aliphatic carbocycles. The Morgan fingerprint density at radius 1 is 0.938 bits per heavy atom. The molecule has 10 nitrogen and oxygen atoms in total. The van der Waals surface area contributed by atoms with Crippen LogP contribution in [-0.2, 0) is 15.0 Å². The summed E-state index contributed by atoms with van der Waals surface area (Å²) in [5.41, 5.74) is 1.11. The predicted molar refractivity (Wildman–Crippen MR) is 119 cm³/mol. The second-order valence-corrected chi connectivity index (χ2v) is 8.88. The fourth-order valence-electron chi connectivity index (χ4n) is 3.54. The molecule has 1 aliphatic rings. The van der Waals surface area contributed by atoms with Gasteiger partial charge >= 0.3 is 0 Å². The Morgan fingerprint density at radius 2 is 1.50 bits per heavy atom. The SMILES string of the molecule is COc1ccc(NC(=O)C2CC(c3ccc(OC)c(OC)c3)NS(=O)(=O)N2C)cc1OC. The summed E-state index contributed by atoms with van der Waals surface area (Å²) in [4.78, 5) is 13.1. The number of hydrogen-bond donors (Lipinski definition) is 2. The first-order chi connectivity index (χ1) is 15.2. The van der Waals surface area contributed by atoms with Gasteiger partial charge in [0.1, 0.15) is 6.04 Å². The van der Waals surface area contributed by atoms with Crippen LogP contribution in [0.4, 0.5) is 5.69 Å². The van der Waals surface area contributed by atoms with Crippen LogP contribution >= 0.6 is 0 Å². The van der Waals surface area contributed by atoms with E-state index in [2.05, 4.69) is 10.0 Å². The lowest BCUT2D eigenvalue weighted by molar-refractivity contribution is -0.120. The summed E-state index contributed by atoms with van der Waals surface area (Å²) in [7, 11) is 3.49. The molecule has 2 N–H and O–H groups in total. The number of nitrogens with one attached hydrogen (secondary N) is 2. The maximum atomic E-state index is 13.1. The van der Waals surface area contributed by atoms with Crippen molar-refractivity contribution in [3.8, 4) is 23.0 Å². The third kappa shape index (κ3) is 4.74. The van der Waals surface area contributed by atoms with E-state index < -0.39 is 28.2 Å². The number of rotatable bonds is 7. The summed E-state index contributed by atoms with van der Waals surface area (Å²) in [6.45, 7) is 0. The van der Waals surface area contributed by atoms with E-state index in [0.29, 0.717) is 34.2 Å². The minimum atomic E-state index is -3.90. The van der Waals surface area contributed by atoms with Crippen molar-refractivity contribution in [1.29, 1.82) is 0 Å².